The molecular weight excluding hydrogens is 358 g/mol. The molecule has 1 aliphatic rings. The Labute approximate surface area is 161 Å². The normalized spacial score (nSPS) is 15.9. The summed E-state index contributed by atoms with van der Waals surface area (Å²) in [6.45, 7) is 0.518. The van der Waals surface area contributed by atoms with Crippen LogP contribution in [0.3, 0.4) is 0 Å². The number of hydrogen-bond acceptors (Lipinski definition) is 4. The molecule has 1 atom stereocenters. The van der Waals surface area contributed by atoms with E-state index in [-0.39, 0.29) is 18.2 Å². The summed E-state index contributed by atoms with van der Waals surface area (Å²) in [6, 6.07) is 17.6. The van der Waals surface area contributed by atoms with Crippen LogP contribution in [0.25, 0.3) is 10.9 Å². The third-order valence-corrected chi connectivity index (χ3v) is 5.79. The number of anilines is 1. The van der Waals surface area contributed by atoms with Crippen molar-refractivity contribution in [2.75, 3.05) is 11.9 Å². The maximum absolute atomic E-state index is 12.3. The van der Waals surface area contributed by atoms with Gasteiger partial charge in [-0.15, -0.1) is 11.8 Å². The van der Waals surface area contributed by atoms with Crippen LogP contribution in [0.1, 0.15) is 12.0 Å². The molecule has 5 nitrogen and oxygen atoms in total. The van der Waals surface area contributed by atoms with Crippen molar-refractivity contribution in [1.82, 2.24) is 10.3 Å². The van der Waals surface area contributed by atoms with Crippen molar-refractivity contribution in [2.24, 2.45) is 0 Å². The number of thioether (sulfide) groups is 1. The van der Waals surface area contributed by atoms with Crippen molar-refractivity contribution in [3.05, 3.63) is 66.4 Å². The Morgan fingerprint density at radius 1 is 1.11 bits per heavy atom. The summed E-state index contributed by atoms with van der Waals surface area (Å²) in [5, 5.41) is 6.49. The molecule has 2 N–H and O–H groups in total. The predicted octanol–water partition coefficient (Wildman–Crippen LogP) is 3.40. The molecule has 0 fully saturated rings. The van der Waals surface area contributed by atoms with E-state index in [9.17, 15) is 9.59 Å². The summed E-state index contributed by atoms with van der Waals surface area (Å²) >= 11 is 1.44. The second-order valence-corrected chi connectivity index (χ2v) is 7.63. The molecule has 1 aliphatic heterocycles. The largest absolute Gasteiger partial charge is 0.356 e. The minimum Gasteiger partial charge on any atom is -0.356 e. The van der Waals surface area contributed by atoms with Crippen LogP contribution in [0, 0.1) is 0 Å². The van der Waals surface area contributed by atoms with Gasteiger partial charge < -0.3 is 10.6 Å². The summed E-state index contributed by atoms with van der Waals surface area (Å²) in [6.07, 6.45) is 2.65. The number of fused-ring (bicyclic) bond motifs is 2. The smallest absolute Gasteiger partial charge is 0.238 e. The zero-order valence-corrected chi connectivity index (χ0v) is 15.5. The van der Waals surface area contributed by atoms with E-state index in [2.05, 4.69) is 15.6 Å². The fourth-order valence-corrected chi connectivity index (χ4v) is 4.28. The number of nitrogens with one attached hydrogen (secondary N) is 2. The Morgan fingerprint density at radius 3 is 2.89 bits per heavy atom. The van der Waals surface area contributed by atoms with E-state index >= 15 is 0 Å². The predicted molar refractivity (Wildman–Crippen MR) is 108 cm³/mol. The van der Waals surface area contributed by atoms with Gasteiger partial charge in [0.25, 0.3) is 0 Å². The highest BCUT2D eigenvalue weighted by Crippen LogP contribution is 2.36. The first-order valence-electron chi connectivity index (χ1n) is 8.86. The Bertz CT molecular complexity index is 1000. The van der Waals surface area contributed by atoms with Crippen LogP contribution in [0.5, 0.6) is 0 Å². The van der Waals surface area contributed by atoms with Crippen molar-refractivity contribution >= 4 is 40.2 Å². The molecule has 27 heavy (non-hydrogen) atoms. The van der Waals surface area contributed by atoms with Crippen LogP contribution in [-0.2, 0) is 16.0 Å². The second kappa shape index (κ2) is 7.80. The van der Waals surface area contributed by atoms with Gasteiger partial charge in [-0.05, 0) is 30.2 Å². The molecule has 136 valence electrons. The maximum atomic E-state index is 12.3. The quantitative estimate of drug-likeness (QED) is 0.715. The van der Waals surface area contributed by atoms with Gasteiger partial charge in [-0.1, -0.05) is 36.4 Å². The van der Waals surface area contributed by atoms with E-state index in [0.717, 1.165) is 27.0 Å². The number of nitrogens with zero attached hydrogens (tertiary/aromatic N) is 1. The van der Waals surface area contributed by atoms with Crippen LogP contribution in [0.15, 0.2) is 65.7 Å². The average molecular weight is 377 g/mol. The lowest BCUT2D eigenvalue weighted by atomic mass is 10.1. The van der Waals surface area contributed by atoms with Gasteiger partial charge in [-0.3, -0.25) is 14.6 Å². The summed E-state index contributed by atoms with van der Waals surface area (Å²) in [5.41, 5.74) is 2.88. The van der Waals surface area contributed by atoms with E-state index in [1.54, 1.807) is 6.20 Å². The van der Waals surface area contributed by atoms with E-state index < -0.39 is 5.25 Å². The molecule has 0 radical (unpaired) electrons. The number of rotatable bonds is 5. The number of para-hydroxylation sites is 2. The topological polar surface area (TPSA) is 71.1 Å². The lowest BCUT2D eigenvalue weighted by Gasteiger charge is -2.23. The van der Waals surface area contributed by atoms with Crippen molar-refractivity contribution in [1.29, 1.82) is 0 Å². The van der Waals surface area contributed by atoms with Crippen LogP contribution in [0.2, 0.25) is 0 Å². The van der Waals surface area contributed by atoms with Gasteiger partial charge in [0.15, 0.2) is 0 Å². The van der Waals surface area contributed by atoms with E-state index in [4.69, 9.17) is 0 Å². The molecule has 4 rings (SSSR count). The molecule has 3 aromatic rings. The zero-order valence-electron chi connectivity index (χ0n) is 14.6. The number of pyridine rings is 1. The number of benzene rings is 2. The van der Waals surface area contributed by atoms with Gasteiger partial charge >= 0.3 is 0 Å². The molecule has 1 unspecified atom stereocenters. The third-order valence-electron chi connectivity index (χ3n) is 4.51. The molecule has 0 bridgehead atoms. The molecule has 2 amide bonds. The van der Waals surface area contributed by atoms with Crippen molar-refractivity contribution < 1.29 is 9.59 Å². The summed E-state index contributed by atoms with van der Waals surface area (Å²) < 4.78 is 0. The fraction of sp³-hybridized carbons (Fsp3) is 0.190. The zero-order chi connectivity index (χ0) is 18.6. The second-order valence-electron chi connectivity index (χ2n) is 6.39. The van der Waals surface area contributed by atoms with Gasteiger partial charge in [-0.2, -0.15) is 0 Å². The highest BCUT2D eigenvalue weighted by Gasteiger charge is 2.28. The van der Waals surface area contributed by atoms with Gasteiger partial charge in [0, 0.05) is 29.4 Å². The van der Waals surface area contributed by atoms with Gasteiger partial charge in [-0.25, -0.2) is 0 Å². The van der Waals surface area contributed by atoms with E-state index in [1.807, 2.05) is 54.6 Å². The molecule has 2 heterocycles. The standard InChI is InChI=1S/C21H19N3O2S/c25-19(13-18-21(26)24-16-8-1-2-9-17(16)27-18)22-12-10-15-6-3-5-14-7-4-11-23-20(14)15/h1-9,11,18H,10,12-13H2,(H,22,25)(H,24,26). The minimum absolute atomic E-state index is 0.116. The highest BCUT2D eigenvalue weighted by atomic mass is 32.2. The Hall–Kier alpha value is -2.86. The number of hydrogen-bond donors (Lipinski definition) is 2. The number of aromatic nitrogens is 1. The summed E-state index contributed by atoms with van der Waals surface area (Å²) in [7, 11) is 0. The number of amides is 2. The molecule has 6 heteroatoms. The maximum Gasteiger partial charge on any atom is 0.238 e. The Morgan fingerprint density at radius 2 is 1.96 bits per heavy atom. The summed E-state index contributed by atoms with van der Waals surface area (Å²) in [5.74, 6) is -0.234. The van der Waals surface area contributed by atoms with Crippen LogP contribution in [0.4, 0.5) is 5.69 Å². The molecule has 2 aromatic carbocycles. The van der Waals surface area contributed by atoms with Gasteiger partial charge in [0.05, 0.1) is 16.5 Å². The van der Waals surface area contributed by atoms with Crippen LogP contribution >= 0.6 is 11.8 Å². The molecule has 1 aromatic heterocycles. The van der Waals surface area contributed by atoms with E-state index in [1.165, 1.54) is 11.8 Å². The molecular formula is C21H19N3O2S. The molecule has 0 saturated heterocycles. The molecule has 0 spiro atoms. The Balaban J connectivity index is 1.33. The first-order valence-corrected chi connectivity index (χ1v) is 9.74. The lowest BCUT2D eigenvalue weighted by molar-refractivity contribution is -0.124. The van der Waals surface area contributed by atoms with Crippen molar-refractivity contribution in [3.63, 3.8) is 0 Å². The average Bonchev–Trinajstić information content (AvgIpc) is 2.69. The first-order chi connectivity index (χ1) is 13.2. The Kier molecular flexibility index (Phi) is 5.07. The molecule has 0 saturated carbocycles. The monoisotopic (exact) mass is 377 g/mol. The number of carbonyl (C=O) groups is 2. The van der Waals surface area contributed by atoms with Gasteiger partial charge in [0.1, 0.15) is 0 Å². The van der Waals surface area contributed by atoms with Crippen LogP contribution < -0.4 is 10.6 Å². The SMILES string of the molecule is O=C(CC1Sc2ccccc2NC1=O)NCCc1cccc2cccnc12. The first kappa shape index (κ1) is 17.5. The van der Waals surface area contributed by atoms with E-state index in [0.29, 0.717) is 13.0 Å². The molecule has 0 aliphatic carbocycles. The summed E-state index contributed by atoms with van der Waals surface area (Å²) in [4.78, 5) is 29.9. The lowest BCUT2D eigenvalue weighted by Crippen LogP contribution is -2.35. The van der Waals surface area contributed by atoms with Crippen LogP contribution in [-0.4, -0.2) is 28.6 Å². The van der Waals surface area contributed by atoms with Gasteiger partial charge in [0.2, 0.25) is 11.8 Å². The highest BCUT2D eigenvalue weighted by molar-refractivity contribution is 8.01. The fourth-order valence-electron chi connectivity index (χ4n) is 3.17. The minimum atomic E-state index is -0.404. The van der Waals surface area contributed by atoms with Crippen molar-refractivity contribution in [3.8, 4) is 0 Å². The number of carbonyl (C=O) groups excluding carboxylic acids is 2. The third kappa shape index (κ3) is 3.95. The van der Waals surface area contributed by atoms with Crippen molar-refractivity contribution in [2.45, 2.75) is 23.0 Å².